The Hall–Kier alpha value is -0.000000000000000111. The van der Waals surface area contributed by atoms with E-state index in [1.807, 2.05) is 13.8 Å². The van der Waals surface area contributed by atoms with Crippen molar-refractivity contribution in [3.63, 3.8) is 0 Å². The first-order chi connectivity index (χ1) is 10.9. The highest BCUT2D eigenvalue weighted by Crippen LogP contribution is 2.60. The molecular formula is C15H13Cl5F2O2. The van der Waals surface area contributed by atoms with E-state index in [9.17, 15) is 13.6 Å². The van der Waals surface area contributed by atoms with Gasteiger partial charge in [-0.3, -0.25) is 4.79 Å². The predicted molar refractivity (Wildman–Crippen MR) is 92.9 cm³/mol. The van der Waals surface area contributed by atoms with Crippen LogP contribution in [0.4, 0.5) is 8.78 Å². The molecule has 0 bridgehead atoms. The number of hydrogen-bond donors (Lipinski definition) is 0. The molecule has 2 rings (SSSR count). The summed E-state index contributed by atoms with van der Waals surface area (Å²) in [6, 6.07) is 0. The summed E-state index contributed by atoms with van der Waals surface area (Å²) in [5, 5.41) is -1.07. The molecule has 0 aromatic heterocycles. The fourth-order valence-electron chi connectivity index (χ4n) is 2.74. The third kappa shape index (κ3) is 3.73. The van der Waals surface area contributed by atoms with Crippen molar-refractivity contribution in [2.45, 2.75) is 25.7 Å². The minimum absolute atomic E-state index is 0.0303. The Balaban J connectivity index is 2.07. The van der Waals surface area contributed by atoms with Crippen LogP contribution in [0.3, 0.4) is 0 Å². The fraction of sp³-hybridized carbons (Fsp3) is 0.533. The zero-order chi connectivity index (χ0) is 18.4. The first-order valence-corrected chi connectivity index (χ1v) is 8.77. The van der Waals surface area contributed by atoms with Gasteiger partial charge in [0.2, 0.25) is 5.67 Å². The predicted octanol–water partition coefficient (Wildman–Crippen LogP) is 5.99. The molecule has 0 amide bonds. The Kier molecular flexibility index (Phi) is 5.89. The van der Waals surface area contributed by atoms with Crippen molar-refractivity contribution in [3.05, 3.63) is 31.7 Å². The molecule has 2 nitrogen and oxygen atoms in total. The Morgan fingerprint density at radius 2 is 1.92 bits per heavy atom. The lowest BCUT2D eigenvalue weighted by Crippen LogP contribution is -2.41. The van der Waals surface area contributed by atoms with Crippen molar-refractivity contribution in [3.8, 4) is 0 Å². The van der Waals surface area contributed by atoms with Gasteiger partial charge in [-0.05, 0) is 23.5 Å². The molecule has 0 saturated heterocycles. The van der Waals surface area contributed by atoms with Gasteiger partial charge in [0.1, 0.15) is 11.1 Å². The van der Waals surface area contributed by atoms with E-state index in [0.717, 1.165) is 6.08 Å². The number of carbonyl (C=O) groups is 1. The number of hydrogen-bond acceptors (Lipinski definition) is 2. The van der Waals surface area contributed by atoms with Gasteiger partial charge in [0, 0.05) is 0 Å². The van der Waals surface area contributed by atoms with Crippen LogP contribution in [0.25, 0.3) is 0 Å². The number of carbonyl (C=O) groups excluding carboxylic acids is 1. The number of rotatable bonds is 4. The molecule has 24 heavy (non-hydrogen) atoms. The summed E-state index contributed by atoms with van der Waals surface area (Å²) in [6.45, 7) is 2.76. The maximum absolute atomic E-state index is 14.7. The van der Waals surface area contributed by atoms with Gasteiger partial charge in [-0.2, -0.15) is 0 Å². The normalized spacial score (nSPS) is 34.5. The van der Waals surface area contributed by atoms with E-state index in [4.69, 9.17) is 62.7 Å². The zero-order valence-electron chi connectivity index (χ0n) is 12.6. The van der Waals surface area contributed by atoms with Crippen molar-refractivity contribution in [1.82, 2.24) is 0 Å². The van der Waals surface area contributed by atoms with Crippen LogP contribution in [0, 0.1) is 17.3 Å². The average Bonchev–Trinajstić information content (AvgIpc) is 3.01. The van der Waals surface area contributed by atoms with E-state index in [1.54, 1.807) is 0 Å². The zero-order valence-corrected chi connectivity index (χ0v) is 16.3. The van der Waals surface area contributed by atoms with E-state index in [-0.39, 0.29) is 20.5 Å². The largest absolute Gasteiger partial charge is 0.462 e. The van der Waals surface area contributed by atoms with Gasteiger partial charge in [-0.25, -0.2) is 8.78 Å². The van der Waals surface area contributed by atoms with Gasteiger partial charge in [-0.15, -0.1) is 0 Å². The maximum atomic E-state index is 14.7. The van der Waals surface area contributed by atoms with Crippen LogP contribution in [0.1, 0.15) is 13.8 Å². The SMILES string of the molecule is CC1(C)C(C=C(Cl)Cl)C1C(=O)OCC1(F)C=C(Cl)C(Cl)=C(Cl)C1F. The van der Waals surface area contributed by atoms with E-state index in [0.29, 0.717) is 0 Å². The van der Waals surface area contributed by atoms with Crippen molar-refractivity contribution < 1.29 is 18.3 Å². The summed E-state index contributed by atoms with van der Waals surface area (Å²) in [4.78, 5) is 12.2. The Morgan fingerprint density at radius 1 is 1.33 bits per heavy atom. The average molecular weight is 441 g/mol. The van der Waals surface area contributed by atoms with Gasteiger partial charge >= 0.3 is 5.97 Å². The first kappa shape index (κ1) is 20.3. The monoisotopic (exact) mass is 438 g/mol. The van der Waals surface area contributed by atoms with Crippen LogP contribution in [-0.2, 0) is 9.53 Å². The number of alkyl halides is 2. The Labute approximate surface area is 163 Å². The molecule has 0 aromatic rings. The number of halogens is 7. The summed E-state index contributed by atoms with van der Waals surface area (Å²) in [5.74, 6) is -1.47. The molecule has 4 unspecified atom stereocenters. The lowest BCUT2D eigenvalue weighted by atomic mass is 9.95. The van der Waals surface area contributed by atoms with Crippen molar-refractivity contribution in [1.29, 1.82) is 0 Å². The molecule has 0 N–H and O–H groups in total. The van der Waals surface area contributed by atoms with Crippen molar-refractivity contribution in [2.24, 2.45) is 17.3 Å². The third-order valence-electron chi connectivity index (χ3n) is 4.34. The summed E-state index contributed by atoms with van der Waals surface area (Å²) in [7, 11) is 0. The van der Waals surface area contributed by atoms with Gasteiger partial charge in [-0.1, -0.05) is 71.9 Å². The van der Waals surface area contributed by atoms with Crippen LogP contribution in [0.2, 0.25) is 0 Å². The van der Waals surface area contributed by atoms with E-state index < -0.39 is 40.8 Å². The molecule has 1 fully saturated rings. The summed E-state index contributed by atoms with van der Waals surface area (Å²) in [6.07, 6.45) is 0.00274. The Morgan fingerprint density at radius 3 is 2.46 bits per heavy atom. The first-order valence-electron chi connectivity index (χ1n) is 6.88. The molecule has 1 saturated carbocycles. The molecule has 0 heterocycles. The molecule has 2 aliphatic rings. The van der Waals surface area contributed by atoms with Crippen LogP contribution < -0.4 is 0 Å². The second-order valence-electron chi connectivity index (χ2n) is 6.33. The lowest BCUT2D eigenvalue weighted by Gasteiger charge is -2.29. The highest BCUT2D eigenvalue weighted by atomic mass is 35.5. The van der Waals surface area contributed by atoms with Crippen LogP contribution >= 0.6 is 58.0 Å². The quantitative estimate of drug-likeness (QED) is 0.502. The maximum Gasteiger partial charge on any atom is 0.310 e. The van der Waals surface area contributed by atoms with Crippen molar-refractivity contribution >= 4 is 64.0 Å². The fourth-order valence-corrected chi connectivity index (χ4v) is 3.78. The summed E-state index contributed by atoms with van der Waals surface area (Å²) >= 11 is 28.3. The van der Waals surface area contributed by atoms with Gasteiger partial charge in [0.25, 0.3) is 0 Å². The van der Waals surface area contributed by atoms with E-state index in [2.05, 4.69) is 0 Å². The minimum Gasteiger partial charge on any atom is -0.462 e. The standard InChI is InChI=1S/C15H13Cl5F2O2/c1-14(2)6(3-8(17)18)9(14)13(23)24-5-15(22)4-7(16)10(19)11(20)12(15)21/h3-4,6,9,12H,5H2,1-2H3. The van der Waals surface area contributed by atoms with Gasteiger partial charge in [0.15, 0.2) is 6.17 Å². The third-order valence-corrected chi connectivity index (χ3v) is 5.87. The molecule has 0 aromatic carbocycles. The molecular weight excluding hydrogens is 427 g/mol. The molecule has 0 aliphatic heterocycles. The van der Waals surface area contributed by atoms with Gasteiger partial charge in [0.05, 0.1) is 21.0 Å². The highest BCUT2D eigenvalue weighted by Gasteiger charge is 2.62. The molecule has 4 atom stereocenters. The van der Waals surface area contributed by atoms with Crippen LogP contribution in [0.5, 0.6) is 0 Å². The lowest BCUT2D eigenvalue weighted by molar-refractivity contribution is -0.150. The van der Waals surface area contributed by atoms with Crippen LogP contribution in [0.15, 0.2) is 31.7 Å². The summed E-state index contributed by atoms with van der Waals surface area (Å²) < 4.78 is 33.9. The Bertz CT molecular complexity index is 654. The van der Waals surface area contributed by atoms with E-state index >= 15 is 0 Å². The smallest absolute Gasteiger partial charge is 0.310 e. The molecule has 0 radical (unpaired) electrons. The number of allylic oxidation sites excluding steroid dienone is 4. The number of ether oxygens (including phenoxy) is 1. The molecule has 2 aliphatic carbocycles. The molecule has 0 spiro atoms. The van der Waals surface area contributed by atoms with Gasteiger partial charge < -0.3 is 4.74 Å². The van der Waals surface area contributed by atoms with Crippen molar-refractivity contribution in [2.75, 3.05) is 6.61 Å². The second kappa shape index (κ2) is 6.96. The topological polar surface area (TPSA) is 26.3 Å². The second-order valence-corrected chi connectivity index (χ2v) is 8.53. The summed E-state index contributed by atoms with van der Waals surface area (Å²) in [5.41, 5.74) is -3.12. The highest BCUT2D eigenvalue weighted by molar-refractivity contribution is 6.55. The molecule has 134 valence electrons. The van der Waals surface area contributed by atoms with Crippen LogP contribution in [-0.4, -0.2) is 24.4 Å². The van der Waals surface area contributed by atoms with E-state index in [1.165, 1.54) is 6.08 Å². The molecule has 9 heteroatoms. The minimum atomic E-state index is -2.68. The number of esters is 1.